The Hall–Kier alpha value is -2.57. The summed E-state index contributed by atoms with van der Waals surface area (Å²) in [7, 11) is 1.29. The number of nitrogens with one attached hydrogen (secondary N) is 1. The minimum atomic E-state index is -0.699. The SMILES string of the molecule is COC(=O)[C@H](CCCN=C(N)N)NC(=O)Cc1ccccc1. The molecule has 0 spiro atoms. The summed E-state index contributed by atoms with van der Waals surface area (Å²) in [4.78, 5) is 27.5. The fourth-order valence-electron chi connectivity index (χ4n) is 1.92. The van der Waals surface area contributed by atoms with Gasteiger partial charge in [0.2, 0.25) is 5.91 Å². The van der Waals surface area contributed by atoms with E-state index in [4.69, 9.17) is 16.2 Å². The van der Waals surface area contributed by atoms with Crippen molar-refractivity contribution in [3.8, 4) is 0 Å². The lowest BCUT2D eigenvalue weighted by Crippen LogP contribution is -2.42. The highest BCUT2D eigenvalue weighted by atomic mass is 16.5. The van der Waals surface area contributed by atoms with Crippen molar-refractivity contribution in [2.45, 2.75) is 25.3 Å². The summed E-state index contributed by atoms with van der Waals surface area (Å²) >= 11 is 0. The van der Waals surface area contributed by atoms with E-state index in [0.717, 1.165) is 5.56 Å². The van der Waals surface area contributed by atoms with Gasteiger partial charge in [-0.1, -0.05) is 30.3 Å². The zero-order valence-electron chi connectivity index (χ0n) is 12.6. The molecule has 0 aliphatic heterocycles. The number of ether oxygens (including phenoxy) is 1. The van der Waals surface area contributed by atoms with Crippen molar-refractivity contribution in [1.82, 2.24) is 5.32 Å². The minimum Gasteiger partial charge on any atom is -0.467 e. The molecule has 22 heavy (non-hydrogen) atoms. The van der Waals surface area contributed by atoms with Gasteiger partial charge in [-0.25, -0.2) is 4.79 Å². The maximum atomic E-state index is 12.0. The molecule has 1 atom stereocenters. The van der Waals surface area contributed by atoms with Crippen LogP contribution in [0.1, 0.15) is 18.4 Å². The molecule has 0 saturated carbocycles. The van der Waals surface area contributed by atoms with E-state index in [-0.39, 0.29) is 18.3 Å². The van der Waals surface area contributed by atoms with Gasteiger partial charge in [-0.2, -0.15) is 0 Å². The van der Waals surface area contributed by atoms with Crippen LogP contribution < -0.4 is 16.8 Å². The number of carbonyl (C=O) groups is 2. The number of benzene rings is 1. The van der Waals surface area contributed by atoms with Gasteiger partial charge in [-0.15, -0.1) is 0 Å². The molecule has 7 heteroatoms. The van der Waals surface area contributed by atoms with E-state index in [9.17, 15) is 9.59 Å². The lowest BCUT2D eigenvalue weighted by molar-refractivity contribution is -0.145. The third-order valence-corrected chi connectivity index (χ3v) is 2.97. The van der Waals surface area contributed by atoms with E-state index >= 15 is 0 Å². The molecule has 0 unspecified atom stereocenters. The van der Waals surface area contributed by atoms with Crippen molar-refractivity contribution in [2.24, 2.45) is 16.5 Å². The van der Waals surface area contributed by atoms with Gasteiger partial charge in [0.1, 0.15) is 6.04 Å². The standard InChI is InChI=1S/C15H22N4O3/c1-22-14(21)12(8-5-9-18-15(16)17)19-13(20)10-11-6-3-2-4-7-11/h2-4,6-7,12H,5,8-10H2,1H3,(H,19,20)(H4,16,17,18)/t12-/m0/s1. The Morgan fingerprint density at radius 2 is 1.95 bits per heavy atom. The third-order valence-electron chi connectivity index (χ3n) is 2.97. The van der Waals surface area contributed by atoms with E-state index in [2.05, 4.69) is 10.3 Å². The summed E-state index contributed by atoms with van der Waals surface area (Å²) in [5, 5.41) is 2.68. The van der Waals surface area contributed by atoms with Crippen molar-refractivity contribution < 1.29 is 14.3 Å². The van der Waals surface area contributed by atoms with Gasteiger partial charge in [0, 0.05) is 6.54 Å². The molecule has 0 radical (unpaired) electrons. The van der Waals surface area contributed by atoms with Crippen LogP contribution in [0.15, 0.2) is 35.3 Å². The summed E-state index contributed by atoms with van der Waals surface area (Å²) in [6.07, 6.45) is 1.18. The molecule has 0 heterocycles. The monoisotopic (exact) mass is 306 g/mol. The molecule has 1 aromatic rings. The molecule has 0 saturated heterocycles. The fraction of sp³-hybridized carbons (Fsp3) is 0.400. The molecule has 1 rings (SSSR count). The predicted octanol–water partition coefficient (Wildman–Crippen LogP) is -0.0595. The Labute approximate surface area is 129 Å². The fourth-order valence-corrected chi connectivity index (χ4v) is 1.92. The number of rotatable bonds is 8. The van der Waals surface area contributed by atoms with Crippen molar-refractivity contribution in [2.75, 3.05) is 13.7 Å². The average Bonchev–Trinajstić information content (AvgIpc) is 2.50. The van der Waals surface area contributed by atoms with Gasteiger partial charge in [0.05, 0.1) is 13.5 Å². The van der Waals surface area contributed by atoms with Crippen LogP contribution in [0.4, 0.5) is 0 Å². The lowest BCUT2D eigenvalue weighted by Gasteiger charge is -2.16. The molecule has 0 aliphatic carbocycles. The maximum absolute atomic E-state index is 12.0. The van der Waals surface area contributed by atoms with E-state index in [1.54, 1.807) is 0 Å². The molecule has 0 aromatic heterocycles. The normalized spacial score (nSPS) is 11.3. The van der Waals surface area contributed by atoms with E-state index in [0.29, 0.717) is 19.4 Å². The predicted molar refractivity (Wildman–Crippen MR) is 84.0 cm³/mol. The molecule has 0 bridgehead atoms. The van der Waals surface area contributed by atoms with Crippen molar-refractivity contribution in [3.05, 3.63) is 35.9 Å². The number of esters is 1. The van der Waals surface area contributed by atoms with Gasteiger partial charge in [0.15, 0.2) is 5.96 Å². The number of amides is 1. The average molecular weight is 306 g/mol. The summed E-state index contributed by atoms with van der Waals surface area (Å²) in [6, 6.07) is 8.60. The van der Waals surface area contributed by atoms with Crippen LogP contribution in [0.3, 0.4) is 0 Å². The Bertz CT molecular complexity index is 513. The highest BCUT2D eigenvalue weighted by molar-refractivity contribution is 5.85. The van der Waals surface area contributed by atoms with Crippen LogP contribution in [0, 0.1) is 0 Å². The Morgan fingerprint density at radius 1 is 1.27 bits per heavy atom. The van der Waals surface area contributed by atoms with Crippen LogP contribution in [-0.2, 0) is 20.7 Å². The molecule has 120 valence electrons. The quantitative estimate of drug-likeness (QED) is 0.269. The van der Waals surface area contributed by atoms with Crippen LogP contribution in [-0.4, -0.2) is 37.5 Å². The first-order valence-electron chi connectivity index (χ1n) is 6.99. The molecule has 1 aromatic carbocycles. The summed E-state index contributed by atoms with van der Waals surface area (Å²) in [5.74, 6) is -0.711. The Kier molecular flexibility index (Phi) is 7.45. The van der Waals surface area contributed by atoms with Crippen LogP contribution in [0.25, 0.3) is 0 Å². The second-order valence-corrected chi connectivity index (χ2v) is 4.75. The van der Waals surface area contributed by atoms with Gasteiger partial charge >= 0.3 is 5.97 Å². The topological polar surface area (TPSA) is 120 Å². The molecule has 7 nitrogen and oxygen atoms in total. The number of carbonyl (C=O) groups excluding carboxylic acids is 2. The first-order valence-corrected chi connectivity index (χ1v) is 6.99. The summed E-state index contributed by atoms with van der Waals surface area (Å²) in [5.41, 5.74) is 11.3. The summed E-state index contributed by atoms with van der Waals surface area (Å²) in [6.45, 7) is 0.393. The molecular weight excluding hydrogens is 284 g/mol. The van der Waals surface area contributed by atoms with Gasteiger partial charge in [-0.3, -0.25) is 9.79 Å². The van der Waals surface area contributed by atoms with E-state index < -0.39 is 12.0 Å². The second-order valence-electron chi connectivity index (χ2n) is 4.75. The van der Waals surface area contributed by atoms with Crippen LogP contribution in [0.5, 0.6) is 0 Å². The smallest absolute Gasteiger partial charge is 0.328 e. The van der Waals surface area contributed by atoms with Gasteiger partial charge in [0.25, 0.3) is 0 Å². The number of nitrogens with two attached hydrogens (primary N) is 2. The van der Waals surface area contributed by atoms with Gasteiger partial charge < -0.3 is 21.5 Å². The molecule has 0 aliphatic rings. The largest absolute Gasteiger partial charge is 0.467 e. The number of methoxy groups -OCH3 is 1. The van der Waals surface area contributed by atoms with Crippen molar-refractivity contribution in [1.29, 1.82) is 0 Å². The molecule has 5 N–H and O–H groups in total. The lowest BCUT2D eigenvalue weighted by atomic mass is 10.1. The first-order chi connectivity index (χ1) is 10.5. The van der Waals surface area contributed by atoms with Gasteiger partial charge in [-0.05, 0) is 18.4 Å². The number of hydrogen-bond acceptors (Lipinski definition) is 4. The Balaban J connectivity index is 2.51. The maximum Gasteiger partial charge on any atom is 0.328 e. The number of hydrogen-bond donors (Lipinski definition) is 3. The molecule has 0 fully saturated rings. The highest BCUT2D eigenvalue weighted by Crippen LogP contribution is 2.03. The van der Waals surface area contributed by atoms with Crippen molar-refractivity contribution in [3.63, 3.8) is 0 Å². The van der Waals surface area contributed by atoms with Crippen LogP contribution in [0.2, 0.25) is 0 Å². The zero-order valence-corrected chi connectivity index (χ0v) is 12.6. The zero-order chi connectivity index (χ0) is 16.4. The minimum absolute atomic E-state index is 0.00253. The molecule has 1 amide bonds. The number of nitrogens with zero attached hydrogens (tertiary/aromatic N) is 1. The molecular formula is C15H22N4O3. The number of aliphatic imine (C=N–C) groups is 1. The summed E-state index contributed by atoms with van der Waals surface area (Å²) < 4.78 is 4.70. The van der Waals surface area contributed by atoms with E-state index in [1.807, 2.05) is 30.3 Å². The van der Waals surface area contributed by atoms with Crippen LogP contribution >= 0.6 is 0 Å². The second kappa shape index (κ2) is 9.38. The van der Waals surface area contributed by atoms with Crippen molar-refractivity contribution >= 4 is 17.8 Å². The Morgan fingerprint density at radius 3 is 2.55 bits per heavy atom. The first kappa shape index (κ1) is 17.5. The van der Waals surface area contributed by atoms with E-state index in [1.165, 1.54) is 7.11 Å². The highest BCUT2D eigenvalue weighted by Gasteiger charge is 2.20. The third kappa shape index (κ3) is 6.74. The number of guanidine groups is 1.